The highest BCUT2D eigenvalue weighted by Crippen LogP contribution is 2.49. The lowest BCUT2D eigenvalue weighted by molar-refractivity contribution is 0.0347. The second kappa shape index (κ2) is 6.76. The highest BCUT2D eigenvalue weighted by molar-refractivity contribution is 6.36. The van der Waals surface area contributed by atoms with Crippen LogP contribution in [0.15, 0.2) is 0 Å². The van der Waals surface area contributed by atoms with Gasteiger partial charge in [-0.25, -0.2) is 4.98 Å². The number of aliphatic hydroxyl groups is 1. The van der Waals surface area contributed by atoms with Crippen LogP contribution in [0.25, 0.3) is 0 Å². The third kappa shape index (κ3) is 4.81. The maximum atomic E-state index is 12.0. The summed E-state index contributed by atoms with van der Waals surface area (Å²) in [5, 5.41) is 17.5. The van der Waals surface area contributed by atoms with Crippen molar-refractivity contribution in [3.8, 4) is 0 Å². The molecule has 11 heteroatoms. The zero-order chi connectivity index (χ0) is 20.8. The molecule has 144 valence electrons. The minimum atomic E-state index is -0.839. The van der Waals surface area contributed by atoms with E-state index in [-0.39, 0.29) is 10.9 Å². The molecular formula is C16H31B4N5O2. The molecule has 1 heterocycles. The second-order valence-electron chi connectivity index (χ2n) is 10.1. The van der Waals surface area contributed by atoms with Crippen LogP contribution in [0.2, 0.25) is 5.31 Å². The zero-order valence-electron chi connectivity index (χ0n) is 17.9. The Labute approximate surface area is 165 Å². The molecule has 1 aromatic heterocycles. The highest BCUT2D eigenvalue weighted by Gasteiger charge is 2.48. The molecule has 1 aliphatic rings. The number of aromatic nitrogens is 2. The minimum absolute atomic E-state index is 0.179. The Morgan fingerprint density at radius 2 is 1.81 bits per heavy atom. The van der Waals surface area contributed by atoms with Crippen LogP contribution in [0.1, 0.15) is 57.3 Å². The summed E-state index contributed by atoms with van der Waals surface area (Å²) in [7, 11) is 7.76. The number of nitrogens with two attached hydrogens (primary N) is 1. The predicted octanol–water partition coefficient (Wildman–Crippen LogP) is -2.90. The predicted molar refractivity (Wildman–Crippen MR) is 121 cm³/mol. The van der Waals surface area contributed by atoms with Gasteiger partial charge in [0.1, 0.15) is 29.4 Å². The molecule has 1 aromatic rings. The molecule has 2 rings (SSSR count). The number of anilines is 2. The van der Waals surface area contributed by atoms with Gasteiger partial charge in [-0.15, -0.1) is 0 Å². The van der Waals surface area contributed by atoms with Crippen molar-refractivity contribution in [2.75, 3.05) is 10.6 Å². The van der Waals surface area contributed by atoms with Crippen molar-refractivity contribution in [1.29, 1.82) is 0 Å². The zero-order valence-corrected chi connectivity index (χ0v) is 17.9. The van der Waals surface area contributed by atoms with Crippen molar-refractivity contribution >= 4 is 54.7 Å². The Bertz CT molecular complexity index is 751. The molecule has 1 aliphatic carbocycles. The number of nitrogens with one attached hydrogen (secondary N) is 2. The van der Waals surface area contributed by atoms with E-state index in [0.717, 1.165) is 12.8 Å². The Morgan fingerprint density at radius 1 is 1.22 bits per heavy atom. The largest absolute Gasteiger partial charge is 0.399 e. The fourth-order valence-electron chi connectivity index (χ4n) is 3.69. The molecule has 27 heavy (non-hydrogen) atoms. The van der Waals surface area contributed by atoms with Crippen LogP contribution in [0, 0.1) is 0 Å². The lowest BCUT2D eigenvalue weighted by atomic mass is 9.41. The summed E-state index contributed by atoms with van der Waals surface area (Å²) in [4.78, 5) is 21.0. The second-order valence-corrected chi connectivity index (χ2v) is 10.1. The molecule has 1 saturated carbocycles. The first-order valence-corrected chi connectivity index (χ1v) is 9.53. The fraction of sp³-hybridized carbons (Fsp3) is 0.688. The molecule has 3 unspecified atom stereocenters. The molecule has 0 saturated heterocycles. The van der Waals surface area contributed by atoms with Crippen molar-refractivity contribution in [1.82, 2.24) is 9.97 Å². The number of primary amides is 1. The standard InChI is InChI=1S/C16H31B4N5O2/c1-13(2,3)25-12-22-9(17)8(10(21)26)11(23-12)24-15(19)6-5-14(4,18)16(20,27)7-15/h27H,5-7,17-20H2,1-4H3,(H2,21,26)(H2,22,23,24,25). The topological polar surface area (TPSA) is 113 Å². The van der Waals surface area contributed by atoms with Gasteiger partial charge in [0, 0.05) is 22.1 Å². The summed E-state index contributed by atoms with van der Waals surface area (Å²) in [6.07, 6.45) is 2.24. The van der Waals surface area contributed by atoms with Gasteiger partial charge in [-0.3, -0.25) is 4.79 Å². The van der Waals surface area contributed by atoms with Crippen molar-refractivity contribution in [3.63, 3.8) is 0 Å². The highest BCUT2D eigenvalue weighted by atomic mass is 16.3. The van der Waals surface area contributed by atoms with E-state index in [1.165, 1.54) is 0 Å². The maximum absolute atomic E-state index is 12.0. The van der Waals surface area contributed by atoms with E-state index < -0.39 is 16.8 Å². The van der Waals surface area contributed by atoms with Gasteiger partial charge in [0.05, 0.1) is 5.56 Å². The first-order chi connectivity index (χ1) is 12.1. The summed E-state index contributed by atoms with van der Waals surface area (Å²) in [6, 6.07) is 0. The molecule has 3 atom stereocenters. The number of hydrogen-bond acceptors (Lipinski definition) is 6. The summed E-state index contributed by atoms with van der Waals surface area (Å²) < 4.78 is 0. The molecule has 5 N–H and O–H groups in total. The minimum Gasteiger partial charge on any atom is -0.399 e. The molecule has 0 radical (unpaired) electrons. The molecule has 0 aromatic carbocycles. The van der Waals surface area contributed by atoms with E-state index >= 15 is 0 Å². The molecule has 0 spiro atoms. The number of carbonyl (C=O) groups excluding carboxylic acids is 1. The average Bonchev–Trinajstić information content (AvgIpc) is 2.40. The quantitative estimate of drug-likeness (QED) is 0.424. The number of amides is 1. The number of rotatable bonds is 4. The Kier molecular flexibility index (Phi) is 5.43. The van der Waals surface area contributed by atoms with Crippen LogP contribution < -0.4 is 22.0 Å². The number of nitrogens with zero attached hydrogens (tertiary/aromatic N) is 2. The first kappa shape index (κ1) is 21.7. The lowest BCUT2D eigenvalue weighted by Crippen LogP contribution is -2.57. The molecule has 0 bridgehead atoms. The monoisotopic (exact) mass is 369 g/mol. The van der Waals surface area contributed by atoms with E-state index in [0.29, 0.717) is 29.3 Å². The molecular weight excluding hydrogens is 337 g/mol. The Balaban J connectivity index is 2.43. The molecule has 1 amide bonds. The first-order valence-electron chi connectivity index (χ1n) is 9.53. The fourth-order valence-corrected chi connectivity index (χ4v) is 3.69. The third-order valence-corrected chi connectivity index (χ3v) is 5.74. The molecule has 1 fully saturated rings. The van der Waals surface area contributed by atoms with Crippen molar-refractivity contribution in [2.24, 2.45) is 5.73 Å². The summed E-state index contributed by atoms with van der Waals surface area (Å²) in [5.41, 5.74) is 4.95. The van der Waals surface area contributed by atoms with Crippen LogP contribution in [0.5, 0.6) is 0 Å². The van der Waals surface area contributed by atoms with Crippen LogP contribution in [0.3, 0.4) is 0 Å². The van der Waals surface area contributed by atoms with Gasteiger partial charge in [-0.2, -0.15) is 4.98 Å². The summed E-state index contributed by atoms with van der Waals surface area (Å²) in [6.45, 7) is 8.13. The Hall–Kier alpha value is -1.63. The van der Waals surface area contributed by atoms with Crippen molar-refractivity contribution < 1.29 is 9.90 Å². The Morgan fingerprint density at radius 3 is 2.30 bits per heavy atom. The van der Waals surface area contributed by atoms with E-state index in [4.69, 9.17) is 5.73 Å². The van der Waals surface area contributed by atoms with E-state index in [1.54, 1.807) is 7.85 Å². The van der Waals surface area contributed by atoms with E-state index in [9.17, 15) is 9.90 Å². The van der Waals surface area contributed by atoms with Gasteiger partial charge in [0.15, 0.2) is 7.85 Å². The number of carbonyl (C=O) groups is 1. The van der Waals surface area contributed by atoms with Gasteiger partial charge in [0.25, 0.3) is 5.91 Å². The third-order valence-electron chi connectivity index (χ3n) is 5.74. The van der Waals surface area contributed by atoms with Crippen LogP contribution in [-0.2, 0) is 0 Å². The van der Waals surface area contributed by atoms with Crippen LogP contribution in [0.4, 0.5) is 11.8 Å². The van der Waals surface area contributed by atoms with Crippen LogP contribution in [-0.4, -0.2) is 68.8 Å². The van der Waals surface area contributed by atoms with E-state index in [2.05, 4.69) is 43.2 Å². The average molecular weight is 369 g/mol. The van der Waals surface area contributed by atoms with Crippen molar-refractivity contribution in [2.45, 2.75) is 68.7 Å². The van der Waals surface area contributed by atoms with Gasteiger partial charge in [-0.1, -0.05) is 13.3 Å². The van der Waals surface area contributed by atoms with E-state index in [1.807, 2.05) is 28.6 Å². The number of hydrogen-bond donors (Lipinski definition) is 4. The SMILES string of the molecule is Bc1nc(NC(C)(C)C)nc(NC2(B)CCC(B)(C)C(B)(O)C2)c1C(N)=O. The van der Waals surface area contributed by atoms with Gasteiger partial charge in [0.2, 0.25) is 5.95 Å². The molecule has 0 aliphatic heterocycles. The molecule has 7 nitrogen and oxygen atoms in total. The van der Waals surface area contributed by atoms with Gasteiger partial charge < -0.3 is 21.5 Å². The lowest BCUT2D eigenvalue weighted by Gasteiger charge is -2.52. The van der Waals surface area contributed by atoms with Crippen molar-refractivity contribution in [3.05, 3.63) is 5.56 Å². The van der Waals surface area contributed by atoms with Gasteiger partial charge >= 0.3 is 0 Å². The maximum Gasteiger partial charge on any atom is 0.253 e. The van der Waals surface area contributed by atoms with Gasteiger partial charge in [-0.05, 0) is 38.9 Å². The smallest absolute Gasteiger partial charge is 0.253 e. The van der Waals surface area contributed by atoms with Crippen LogP contribution >= 0.6 is 0 Å². The summed E-state index contributed by atoms with van der Waals surface area (Å²) in [5.74, 6) is 0.294. The summed E-state index contributed by atoms with van der Waals surface area (Å²) >= 11 is 0. The normalized spacial score (nSPS) is 31.3.